The molecule has 0 radical (unpaired) electrons. The second-order valence-corrected chi connectivity index (χ2v) is 9.54. The maximum atomic E-state index is 13.7. The highest BCUT2D eigenvalue weighted by Crippen LogP contribution is 2.24. The van der Waals surface area contributed by atoms with E-state index < -0.39 is 0 Å². The standard InChI is InChI=1S/C28H36N4O4/c1-20(2)29-26(33)19-32-27(22-8-6-9-23(18-22)35-3)30-25-11-10-21(17-24(25)28(32)34)7-4-5-12-31-13-15-36-16-14-31/h6,8-11,17-18,20H,4-5,7,12-16,19H2,1-3H3,(H,29,33). The number of carbonyl (C=O) groups excluding carboxylic acids is 1. The van der Waals surface area contributed by atoms with Gasteiger partial charge in [0.2, 0.25) is 5.91 Å². The lowest BCUT2D eigenvalue weighted by Crippen LogP contribution is -2.37. The van der Waals surface area contributed by atoms with E-state index in [9.17, 15) is 9.59 Å². The first kappa shape index (κ1) is 25.9. The van der Waals surface area contributed by atoms with E-state index in [1.54, 1.807) is 7.11 Å². The summed E-state index contributed by atoms with van der Waals surface area (Å²) in [4.78, 5) is 33.6. The summed E-state index contributed by atoms with van der Waals surface area (Å²) >= 11 is 0. The van der Waals surface area contributed by atoms with Gasteiger partial charge in [-0.1, -0.05) is 18.2 Å². The summed E-state index contributed by atoms with van der Waals surface area (Å²) in [6, 6.07) is 13.3. The minimum Gasteiger partial charge on any atom is -0.497 e. The summed E-state index contributed by atoms with van der Waals surface area (Å²) in [5, 5.41) is 3.41. The predicted octanol–water partition coefficient (Wildman–Crippen LogP) is 3.25. The quantitative estimate of drug-likeness (QED) is 0.438. The highest BCUT2D eigenvalue weighted by molar-refractivity contribution is 5.82. The lowest BCUT2D eigenvalue weighted by atomic mass is 10.1. The van der Waals surface area contributed by atoms with Gasteiger partial charge < -0.3 is 14.8 Å². The van der Waals surface area contributed by atoms with Crippen molar-refractivity contribution in [1.82, 2.24) is 19.8 Å². The highest BCUT2D eigenvalue weighted by atomic mass is 16.5. The molecule has 1 N–H and O–H groups in total. The predicted molar refractivity (Wildman–Crippen MR) is 141 cm³/mol. The Bertz CT molecular complexity index is 1250. The zero-order valence-corrected chi connectivity index (χ0v) is 21.5. The van der Waals surface area contributed by atoms with Crippen LogP contribution >= 0.6 is 0 Å². The molecule has 0 bridgehead atoms. The molecule has 8 nitrogen and oxygen atoms in total. The maximum absolute atomic E-state index is 13.7. The van der Waals surface area contributed by atoms with Gasteiger partial charge >= 0.3 is 0 Å². The Morgan fingerprint density at radius 2 is 1.94 bits per heavy atom. The summed E-state index contributed by atoms with van der Waals surface area (Å²) in [6.07, 6.45) is 3.04. The van der Waals surface area contributed by atoms with Crippen LogP contribution in [0.3, 0.4) is 0 Å². The van der Waals surface area contributed by atoms with Crippen molar-refractivity contribution in [2.45, 2.75) is 45.7 Å². The molecule has 1 saturated heterocycles. The maximum Gasteiger partial charge on any atom is 0.262 e. The molecular weight excluding hydrogens is 456 g/mol. The van der Waals surface area contributed by atoms with Crippen molar-refractivity contribution >= 4 is 16.8 Å². The Kier molecular flexibility index (Phi) is 8.72. The number of aromatic nitrogens is 2. The molecule has 1 aliphatic rings. The van der Waals surface area contributed by atoms with Gasteiger partial charge in [0.15, 0.2) is 0 Å². The minimum absolute atomic E-state index is 0.0223. The van der Waals surface area contributed by atoms with E-state index in [1.807, 2.05) is 50.2 Å². The number of rotatable bonds is 10. The largest absolute Gasteiger partial charge is 0.497 e. The van der Waals surface area contributed by atoms with E-state index in [0.29, 0.717) is 22.5 Å². The third-order valence-corrected chi connectivity index (χ3v) is 6.39. The first-order valence-corrected chi connectivity index (χ1v) is 12.7. The van der Waals surface area contributed by atoms with Gasteiger partial charge in [0.05, 0.1) is 31.2 Å². The third kappa shape index (κ3) is 6.50. The molecular formula is C28H36N4O4. The number of hydrogen-bond acceptors (Lipinski definition) is 6. The number of carbonyl (C=O) groups is 1. The number of nitrogens with one attached hydrogen (secondary N) is 1. The Balaban J connectivity index is 1.61. The van der Waals surface area contributed by atoms with E-state index in [0.717, 1.165) is 63.2 Å². The van der Waals surface area contributed by atoms with Crippen molar-refractivity contribution in [2.75, 3.05) is 40.0 Å². The number of methoxy groups -OCH3 is 1. The topological polar surface area (TPSA) is 85.7 Å². The van der Waals surface area contributed by atoms with Gasteiger partial charge in [-0.25, -0.2) is 4.98 Å². The van der Waals surface area contributed by atoms with Gasteiger partial charge in [-0.2, -0.15) is 0 Å². The van der Waals surface area contributed by atoms with E-state index in [-0.39, 0.29) is 24.1 Å². The second-order valence-electron chi connectivity index (χ2n) is 9.54. The normalized spacial score (nSPS) is 14.3. The van der Waals surface area contributed by atoms with Crippen molar-refractivity contribution in [1.29, 1.82) is 0 Å². The van der Waals surface area contributed by atoms with Crippen molar-refractivity contribution in [2.24, 2.45) is 0 Å². The van der Waals surface area contributed by atoms with Crippen molar-refractivity contribution in [3.63, 3.8) is 0 Å². The van der Waals surface area contributed by atoms with Crippen molar-refractivity contribution in [3.8, 4) is 17.1 Å². The van der Waals surface area contributed by atoms with Gasteiger partial charge in [0.25, 0.3) is 5.56 Å². The van der Waals surface area contributed by atoms with Gasteiger partial charge in [0, 0.05) is 24.7 Å². The number of amides is 1. The average molecular weight is 493 g/mol. The smallest absolute Gasteiger partial charge is 0.262 e. The number of hydrogen-bond donors (Lipinski definition) is 1. The number of nitrogens with zero attached hydrogens (tertiary/aromatic N) is 3. The number of benzene rings is 2. The van der Waals surface area contributed by atoms with Crippen LogP contribution in [-0.4, -0.2) is 66.4 Å². The lowest BCUT2D eigenvalue weighted by Gasteiger charge is -2.26. The first-order valence-electron chi connectivity index (χ1n) is 12.7. The first-order chi connectivity index (χ1) is 17.4. The molecule has 1 fully saturated rings. The zero-order valence-electron chi connectivity index (χ0n) is 21.5. The van der Waals surface area contributed by atoms with E-state index in [1.165, 1.54) is 4.57 Å². The van der Waals surface area contributed by atoms with E-state index >= 15 is 0 Å². The van der Waals surface area contributed by atoms with Gasteiger partial charge in [0.1, 0.15) is 18.1 Å². The van der Waals surface area contributed by atoms with Crippen LogP contribution in [0.2, 0.25) is 0 Å². The van der Waals surface area contributed by atoms with Crippen LogP contribution in [0.25, 0.3) is 22.3 Å². The molecule has 0 unspecified atom stereocenters. The molecule has 192 valence electrons. The molecule has 1 amide bonds. The number of aryl methyl sites for hydroxylation is 1. The Morgan fingerprint density at radius 1 is 1.14 bits per heavy atom. The summed E-state index contributed by atoms with van der Waals surface area (Å²) in [7, 11) is 1.60. The molecule has 1 aromatic heterocycles. The summed E-state index contributed by atoms with van der Waals surface area (Å²) in [5.41, 5.74) is 2.23. The molecule has 1 aliphatic heterocycles. The summed E-state index contributed by atoms with van der Waals surface area (Å²) in [6.45, 7) is 8.40. The number of fused-ring (bicyclic) bond motifs is 1. The summed E-state index contributed by atoms with van der Waals surface area (Å²) in [5.74, 6) is 0.882. The Labute approximate surface area is 212 Å². The fourth-order valence-corrected chi connectivity index (χ4v) is 4.55. The summed E-state index contributed by atoms with van der Waals surface area (Å²) < 4.78 is 12.3. The molecule has 2 heterocycles. The van der Waals surface area contributed by atoms with Crippen LogP contribution in [-0.2, 0) is 22.5 Å². The highest BCUT2D eigenvalue weighted by Gasteiger charge is 2.17. The number of morpholine rings is 1. The van der Waals surface area contributed by atoms with Crippen LogP contribution in [0, 0.1) is 0 Å². The van der Waals surface area contributed by atoms with Crippen LogP contribution in [0.1, 0.15) is 32.3 Å². The van der Waals surface area contributed by atoms with Crippen LogP contribution in [0.4, 0.5) is 0 Å². The van der Waals surface area contributed by atoms with Gasteiger partial charge in [-0.3, -0.25) is 19.1 Å². The van der Waals surface area contributed by atoms with Crippen molar-refractivity contribution < 1.29 is 14.3 Å². The monoisotopic (exact) mass is 492 g/mol. The zero-order chi connectivity index (χ0) is 25.5. The molecule has 36 heavy (non-hydrogen) atoms. The molecule has 0 atom stereocenters. The molecule has 8 heteroatoms. The fraction of sp³-hybridized carbons (Fsp3) is 0.464. The van der Waals surface area contributed by atoms with E-state index in [4.69, 9.17) is 14.5 Å². The fourth-order valence-electron chi connectivity index (χ4n) is 4.55. The van der Waals surface area contributed by atoms with Crippen LogP contribution in [0.15, 0.2) is 47.3 Å². The van der Waals surface area contributed by atoms with Gasteiger partial charge in [-0.05, 0) is 69.5 Å². The van der Waals surface area contributed by atoms with Gasteiger partial charge in [-0.15, -0.1) is 0 Å². The second kappa shape index (κ2) is 12.1. The number of ether oxygens (including phenoxy) is 2. The molecule has 0 aliphatic carbocycles. The molecule has 2 aromatic carbocycles. The van der Waals surface area contributed by atoms with E-state index in [2.05, 4.69) is 16.3 Å². The Morgan fingerprint density at radius 3 is 2.69 bits per heavy atom. The molecule has 0 saturated carbocycles. The minimum atomic E-state index is -0.225. The van der Waals surface area contributed by atoms with Crippen LogP contribution in [0.5, 0.6) is 5.75 Å². The van der Waals surface area contributed by atoms with Crippen LogP contribution < -0.4 is 15.6 Å². The molecule has 0 spiro atoms. The SMILES string of the molecule is COc1cccc(-c2nc3ccc(CCCCN4CCOCC4)cc3c(=O)n2CC(=O)NC(C)C)c1. The molecule has 3 aromatic rings. The molecule has 4 rings (SSSR count). The Hall–Kier alpha value is -3.23. The van der Waals surface area contributed by atoms with Crippen molar-refractivity contribution in [3.05, 3.63) is 58.4 Å². The lowest BCUT2D eigenvalue weighted by molar-refractivity contribution is -0.122. The third-order valence-electron chi connectivity index (χ3n) is 6.39. The average Bonchev–Trinajstić information content (AvgIpc) is 2.88. The number of unbranched alkanes of at least 4 members (excludes halogenated alkanes) is 1.